The molecule has 1 aliphatic heterocycles. The van der Waals surface area contributed by atoms with Gasteiger partial charge in [-0.25, -0.2) is 0 Å². The average Bonchev–Trinajstić information content (AvgIpc) is 2.35. The van der Waals surface area contributed by atoms with Gasteiger partial charge in [0.25, 0.3) is 0 Å². The summed E-state index contributed by atoms with van der Waals surface area (Å²) in [5.74, 6) is 0.491. The largest absolute Gasteiger partial charge is 0.391 e. The van der Waals surface area contributed by atoms with Gasteiger partial charge < -0.3 is 10.4 Å². The van der Waals surface area contributed by atoms with Gasteiger partial charge in [0.15, 0.2) is 0 Å². The van der Waals surface area contributed by atoms with Crippen LogP contribution in [0.1, 0.15) is 52.2 Å². The van der Waals surface area contributed by atoms with Gasteiger partial charge >= 0.3 is 0 Å². The van der Waals surface area contributed by atoms with Crippen molar-refractivity contribution in [1.82, 2.24) is 0 Å². The number of hydrogen-bond donors (Lipinski definition) is 2. The molecule has 0 spiro atoms. The van der Waals surface area contributed by atoms with Crippen LogP contribution >= 0.6 is 0 Å². The summed E-state index contributed by atoms with van der Waals surface area (Å²) in [6.07, 6.45) is 1.57. The predicted octanol–water partition coefficient (Wildman–Crippen LogP) is 3.73. The Morgan fingerprint density at radius 3 is 2.63 bits per heavy atom. The molecule has 19 heavy (non-hydrogen) atoms. The van der Waals surface area contributed by atoms with Crippen LogP contribution < -0.4 is 5.32 Å². The van der Waals surface area contributed by atoms with Crippen molar-refractivity contribution in [2.75, 3.05) is 5.32 Å². The molecule has 1 heterocycles. The standard InChI is InChI=1S/C17H27NO/c1-6-11(2)16-15(19)10-12-9-13(17(3,4)5)7-8-14(12)18-16/h7-9,11,15-16,18-19H,6,10H2,1-5H3. The molecule has 2 heteroatoms. The van der Waals surface area contributed by atoms with Crippen molar-refractivity contribution < 1.29 is 5.11 Å². The zero-order chi connectivity index (χ0) is 14.2. The summed E-state index contributed by atoms with van der Waals surface area (Å²) in [6, 6.07) is 6.81. The highest BCUT2D eigenvalue weighted by molar-refractivity contribution is 5.57. The fraction of sp³-hybridized carbons (Fsp3) is 0.647. The maximum absolute atomic E-state index is 10.3. The Hall–Kier alpha value is -1.02. The molecule has 2 N–H and O–H groups in total. The molecule has 1 aromatic carbocycles. The summed E-state index contributed by atoms with van der Waals surface area (Å²) >= 11 is 0. The summed E-state index contributed by atoms with van der Waals surface area (Å²) in [4.78, 5) is 0. The molecule has 2 nitrogen and oxygen atoms in total. The third-order valence-electron chi connectivity index (χ3n) is 4.39. The lowest BCUT2D eigenvalue weighted by atomic mass is 9.82. The molecule has 0 aromatic heterocycles. The monoisotopic (exact) mass is 261 g/mol. The third-order valence-corrected chi connectivity index (χ3v) is 4.39. The van der Waals surface area contributed by atoms with Gasteiger partial charge in [-0.2, -0.15) is 0 Å². The number of benzene rings is 1. The normalized spacial score (nSPS) is 24.5. The van der Waals surface area contributed by atoms with Crippen molar-refractivity contribution >= 4 is 5.69 Å². The first-order chi connectivity index (χ1) is 8.82. The zero-order valence-corrected chi connectivity index (χ0v) is 12.8. The molecule has 3 atom stereocenters. The van der Waals surface area contributed by atoms with E-state index in [-0.39, 0.29) is 17.6 Å². The Bertz CT molecular complexity index is 447. The SMILES string of the molecule is CCC(C)C1Nc2ccc(C(C)(C)C)cc2CC1O. The number of fused-ring (bicyclic) bond motifs is 1. The lowest BCUT2D eigenvalue weighted by Crippen LogP contribution is -2.43. The molecular formula is C17H27NO. The summed E-state index contributed by atoms with van der Waals surface area (Å²) < 4.78 is 0. The molecule has 0 bridgehead atoms. The number of anilines is 1. The Kier molecular flexibility index (Phi) is 3.91. The van der Waals surface area contributed by atoms with Crippen LogP contribution in [0.4, 0.5) is 5.69 Å². The first-order valence-corrected chi connectivity index (χ1v) is 7.41. The van der Waals surface area contributed by atoms with Gasteiger partial charge in [-0.15, -0.1) is 0 Å². The molecule has 0 aliphatic carbocycles. The summed E-state index contributed by atoms with van der Waals surface area (Å²) in [5, 5.41) is 13.9. The fourth-order valence-corrected chi connectivity index (χ4v) is 2.77. The van der Waals surface area contributed by atoms with E-state index in [2.05, 4.69) is 58.1 Å². The van der Waals surface area contributed by atoms with Crippen molar-refractivity contribution in [2.45, 2.75) is 65.0 Å². The second-order valence-electron chi connectivity index (χ2n) is 6.95. The van der Waals surface area contributed by atoms with Crippen LogP contribution in [0.5, 0.6) is 0 Å². The smallest absolute Gasteiger partial charge is 0.0784 e. The fourth-order valence-electron chi connectivity index (χ4n) is 2.77. The van der Waals surface area contributed by atoms with Crippen LogP contribution in [0.15, 0.2) is 18.2 Å². The number of hydrogen-bond acceptors (Lipinski definition) is 2. The minimum absolute atomic E-state index is 0.160. The van der Waals surface area contributed by atoms with Gasteiger partial charge in [-0.05, 0) is 28.5 Å². The van der Waals surface area contributed by atoms with E-state index in [0.29, 0.717) is 5.92 Å². The van der Waals surface area contributed by atoms with Gasteiger partial charge in [0.05, 0.1) is 12.1 Å². The number of rotatable bonds is 2. The van der Waals surface area contributed by atoms with Gasteiger partial charge in [-0.3, -0.25) is 0 Å². The highest BCUT2D eigenvalue weighted by Gasteiger charge is 2.30. The molecule has 3 unspecified atom stereocenters. The average molecular weight is 261 g/mol. The molecule has 0 amide bonds. The van der Waals surface area contributed by atoms with Crippen molar-refractivity contribution in [3.05, 3.63) is 29.3 Å². The first-order valence-electron chi connectivity index (χ1n) is 7.41. The quantitative estimate of drug-likeness (QED) is 0.850. The van der Waals surface area contributed by atoms with Gasteiger partial charge in [-0.1, -0.05) is 53.2 Å². The van der Waals surface area contributed by atoms with E-state index in [9.17, 15) is 5.11 Å². The van der Waals surface area contributed by atoms with Crippen molar-refractivity contribution in [2.24, 2.45) is 5.92 Å². The van der Waals surface area contributed by atoms with E-state index in [0.717, 1.165) is 12.8 Å². The van der Waals surface area contributed by atoms with Gasteiger partial charge in [0.1, 0.15) is 0 Å². The third kappa shape index (κ3) is 2.94. The second-order valence-corrected chi connectivity index (χ2v) is 6.95. The Morgan fingerprint density at radius 1 is 1.37 bits per heavy atom. The van der Waals surface area contributed by atoms with E-state index in [4.69, 9.17) is 0 Å². The Labute approximate surface area is 117 Å². The molecule has 0 radical (unpaired) electrons. The lowest BCUT2D eigenvalue weighted by molar-refractivity contribution is 0.124. The second kappa shape index (κ2) is 5.16. The van der Waals surface area contributed by atoms with E-state index in [1.165, 1.54) is 16.8 Å². The van der Waals surface area contributed by atoms with Crippen molar-refractivity contribution in [3.63, 3.8) is 0 Å². The first kappa shape index (κ1) is 14.4. The summed E-state index contributed by atoms with van der Waals surface area (Å²) in [6.45, 7) is 11.1. The minimum atomic E-state index is -0.280. The highest BCUT2D eigenvalue weighted by atomic mass is 16.3. The minimum Gasteiger partial charge on any atom is -0.391 e. The van der Waals surface area contributed by atoms with Crippen LogP contribution in [-0.4, -0.2) is 17.3 Å². The van der Waals surface area contributed by atoms with Gasteiger partial charge in [0, 0.05) is 12.1 Å². The van der Waals surface area contributed by atoms with Crippen LogP contribution in [-0.2, 0) is 11.8 Å². The van der Waals surface area contributed by atoms with Crippen LogP contribution in [0, 0.1) is 5.92 Å². The number of nitrogens with one attached hydrogen (secondary N) is 1. The Morgan fingerprint density at radius 2 is 2.05 bits per heavy atom. The molecule has 106 valence electrons. The molecule has 0 fully saturated rings. The molecule has 1 aliphatic rings. The van der Waals surface area contributed by atoms with Crippen molar-refractivity contribution in [1.29, 1.82) is 0 Å². The maximum atomic E-state index is 10.3. The molecule has 0 saturated heterocycles. The molecular weight excluding hydrogens is 234 g/mol. The van der Waals surface area contributed by atoms with E-state index in [1.807, 2.05) is 0 Å². The van der Waals surface area contributed by atoms with Crippen LogP contribution in [0.3, 0.4) is 0 Å². The number of aliphatic hydroxyl groups excluding tert-OH is 1. The Balaban J connectivity index is 2.28. The van der Waals surface area contributed by atoms with E-state index < -0.39 is 0 Å². The van der Waals surface area contributed by atoms with Gasteiger partial charge in [0.2, 0.25) is 0 Å². The number of aliphatic hydroxyl groups is 1. The van der Waals surface area contributed by atoms with E-state index >= 15 is 0 Å². The van der Waals surface area contributed by atoms with Crippen LogP contribution in [0.25, 0.3) is 0 Å². The summed E-state index contributed by atoms with van der Waals surface area (Å²) in [5.41, 5.74) is 3.94. The van der Waals surface area contributed by atoms with E-state index in [1.54, 1.807) is 0 Å². The topological polar surface area (TPSA) is 32.3 Å². The predicted molar refractivity (Wildman–Crippen MR) is 81.7 cm³/mol. The zero-order valence-electron chi connectivity index (χ0n) is 12.8. The molecule has 2 rings (SSSR count). The molecule has 1 aromatic rings. The van der Waals surface area contributed by atoms with Crippen LogP contribution in [0.2, 0.25) is 0 Å². The summed E-state index contributed by atoms with van der Waals surface area (Å²) in [7, 11) is 0. The molecule has 0 saturated carbocycles. The van der Waals surface area contributed by atoms with Crippen molar-refractivity contribution in [3.8, 4) is 0 Å². The highest BCUT2D eigenvalue weighted by Crippen LogP contribution is 2.32. The maximum Gasteiger partial charge on any atom is 0.0784 e. The lowest BCUT2D eigenvalue weighted by Gasteiger charge is -2.36.